The molecule has 2 N–H and O–H groups in total. The molecule has 0 saturated carbocycles. The number of anilines is 1. The zero-order chi connectivity index (χ0) is 14.9. The number of nitrogens with two attached hydrogens (primary N) is 1. The highest BCUT2D eigenvalue weighted by Crippen LogP contribution is 2.27. The van der Waals surface area contributed by atoms with Crippen LogP contribution in [-0.4, -0.2) is 11.0 Å². The first-order valence-corrected chi connectivity index (χ1v) is 5.17. The summed E-state index contributed by atoms with van der Waals surface area (Å²) in [6.45, 7) is 0. The SMILES string of the molecule is Cl.Nc1ncccc1C(=O)Oc1c(F)c(F)cc(F)c1F. The molecule has 2 rings (SSSR count). The molecule has 0 spiro atoms. The summed E-state index contributed by atoms with van der Waals surface area (Å²) in [4.78, 5) is 15.2. The molecular formula is C12H7ClF4N2O2. The van der Waals surface area contributed by atoms with Gasteiger partial charge in [0.2, 0.25) is 17.4 Å². The summed E-state index contributed by atoms with van der Waals surface area (Å²) in [7, 11) is 0. The number of carbonyl (C=O) groups excluding carboxylic acids is 1. The van der Waals surface area contributed by atoms with Gasteiger partial charge in [0.1, 0.15) is 11.4 Å². The van der Waals surface area contributed by atoms with Crippen molar-refractivity contribution in [2.45, 2.75) is 0 Å². The van der Waals surface area contributed by atoms with Crippen LogP contribution in [0.25, 0.3) is 0 Å². The lowest BCUT2D eigenvalue weighted by Crippen LogP contribution is -2.14. The van der Waals surface area contributed by atoms with E-state index in [2.05, 4.69) is 9.72 Å². The van der Waals surface area contributed by atoms with Gasteiger partial charge < -0.3 is 10.5 Å². The van der Waals surface area contributed by atoms with E-state index >= 15 is 0 Å². The zero-order valence-electron chi connectivity index (χ0n) is 10.1. The van der Waals surface area contributed by atoms with Gasteiger partial charge >= 0.3 is 5.97 Å². The molecule has 9 heteroatoms. The van der Waals surface area contributed by atoms with Crippen molar-refractivity contribution >= 4 is 24.2 Å². The van der Waals surface area contributed by atoms with Crippen LogP contribution >= 0.6 is 12.4 Å². The van der Waals surface area contributed by atoms with Crippen LogP contribution in [0.5, 0.6) is 5.75 Å². The van der Waals surface area contributed by atoms with Crippen molar-refractivity contribution in [2.24, 2.45) is 0 Å². The first kappa shape index (κ1) is 16.7. The molecule has 2 aromatic rings. The van der Waals surface area contributed by atoms with E-state index < -0.39 is 35.0 Å². The van der Waals surface area contributed by atoms with Crippen LogP contribution in [0.4, 0.5) is 23.4 Å². The second kappa shape index (κ2) is 6.40. The number of carbonyl (C=O) groups is 1. The van der Waals surface area contributed by atoms with Crippen molar-refractivity contribution in [3.63, 3.8) is 0 Å². The van der Waals surface area contributed by atoms with Gasteiger partial charge in [0, 0.05) is 12.3 Å². The van der Waals surface area contributed by atoms with E-state index in [9.17, 15) is 22.4 Å². The molecule has 0 amide bonds. The van der Waals surface area contributed by atoms with E-state index in [1.807, 2.05) is 0 Å². The number of rotatable bonds is 2. The van der Waals surface area contributed by atoms with Crippen LogP contribution in [0.2, 0.25) is 0 Å². The fraction of sp³-hybridized carbons (Fsp3) is 0. The van der Waals surface area contributed by atoms with E-state index in [0.29, 0.717) is 0 Å². The fourth-order valence-electron chi connectivity index (χ4n) is 1.38. The van der Waals surface area contributed by atoms with Gasteiger partial charge in [0.05, 0.1) is 0 Å². The van der Waals surface area contributed by atoms with Crippen LogP contribution < -0.4 is 10.5 Å². The molecule has 0 unspecified atom stereocenters. The molecule has 1 aromatic heterocycles. The maximum absolute atomic E-state index is 13.3. The highest BCUT2D eigenvalue weighted by atomic mass is 35.5. The van der Waals surface area contributed by atoms with Gasteiger partial charge in [-0.3, -0.25) is 0 Å². The Balaban J connectivity index is 0.00000220. The third-order valence-corrected chi connectivity index (χ3v) is 2.32. The number of halogens is 5. The standard InChI is InChI=1S/C12H6F4N2O2.ClH/c13-6-4-7(14)9(16)10(8(6)15)20-12(19)5-2-1-3-18-11(5)17;/h1-4H,(H2,17,18);1H. The number of benzene rings is 1. The molecule has 21 heavy (non-hydrogen) atoms. The summed E-state index contributed by atoms with van der Waals surface area (Å²) in [5.74, 6) is -10.0. The van der Waals surface area contributed by atoms with Crippen LogP contribution in [0.3, 0.4) is 0 Å². The van der Waals surface area contributed by atoms with Crippen molar-refractivity contribution in [1.82, 2.24) is 4.98 Å². The molecule has 0 atom stereocenters. The van der Waals surface area contributed by atoms with Gasteiger partial charge in [-0.2, -0.15) is 8.78 Å². The van der Waals surface area contributed by atoms with Gasteiger partial charge in [0.15, 0.2) is 11.6 Å². The third-order valence-electron chi connectivity index (χ3n) is 2.32. The Hall–Kier alpha value is -2.35. The number of hydrogen-bond donors (Lipinski definition) is 1. The van der Waals surface area contributed by atoms with Gasteiger partial charge in [-0.25, -0.2) is 18.6 Å². The van der Waals surface area contributed by atoms with Crippen molar-refractivity contribution in [1.29, 1.82) is 0 Å². The van der Waals surface area contributed by atoms with Crippen molar-refractivity contribution < 1.29 is 27.1 Å². The number of nitrogen functional groups attached to an aromatic ring is 1. The Bertz CT molecular complexity index is 671. The highest BCUT2D eigenvalue weighted by Gasteiger charge is 2.24. The van der Waals surface area contributed by atoms with Crippen molar-refractivity contribution in [2.75, 3.05) is 5.73 Å². The van der Waals surface area contributed by atoms with Crippen LogP contribution in [-0.2, 0) is 0 Å². The summed E-state index contributed by atoms with van der Waals surface area (Å²) in [5.41, 5.74) is 5.07. The van der Waals surface area contributed by atoms with E-state index in [1.165, 1.54) is 18.3 Å². The number of pyridine rings is 1. The minimum absolute atomic E-state index is 0. The minimum Gasteiger partial charge on any atom is -0.416 e. The molecule has 0 saturated heterocycles. The number of nitrogens with zero attached hydrogens (tertiary/aromatic N) is 1. The van der Waals surface area contributed by atoms with E-state index in [1.54, 1.807) is 0 Å². The highest BCUT2D eigenvalue weighted by molar-refractivity contribution is 5.95. The molecule has 4 nitrogen and oxygen atoms in total. The van der Waals surface area contributed by atoms with Crippen LogP contribution in [0, 0.1) is 23.3 Å². The van der Waals surface area contributed by atoms with E-state index in [-0.39, 0.29) is 29.9 Å². The third kappa shape index (κ3) is 3.22. The van der Waals surface area contributed by atoms with Gasteiger partial charge in [-0.1, -0.05) is 0 Å². The number of aromatic nitrogens is 1. The Kier molecular flexibility index (Phi) is 5.09. The zero-order valence-corrected chi connectivity index (χ0v) is 10.9. The maximum atomic E-state index is 13.3. The van der Waals surface area contributed by atoms with Gasteiger partial charge in [-0.05, 0) is 12.1 Å². The molecule has 0 aliphatic carbocycles. The molecule has 0 aliphatic heterocycles. The lowest BCUT2D eigenvalue weighted by Gasteiger charge is -2.08. The smallest absolute Gasteiger partial charge is 0.347 e. The summed E-state index contributed by atoms with van der Waals surface area (Å²) >= 11 is 0. The number of hydrogen-bond acceptors (Lipinski definition) is 4. The van der Waals surface area contributed by atoms with E-state index in [0.717, 1.165) is 0 Å². The molecule has 0 aliphatic rings. The second-order valence-corrected chi connectivity index (χ2v) is 3.62. The van der Waals surface area contributed by atoms with Gasteiger partial charge in [0.25, 0.3) is 0 Å². The average Bonchev–Trinajstić information content (AvgIpc) is 2.41. The summed E-state index contributed by atoms with van der Waals surface area (Å²) in [5, 5.41) is 0. The second-order valence-electron chi connectivity index (χ2n) is 3.62. The van der Waals surface area contributed by atoms with Gasteiger partial charge in [-0.15, -0.1) is 12.4 Å². The summed E-state index contributed by atoms with van der Waals surface area (Å²) in [6, 6.07) is 2.50. The Morgan fingerprint density at radius 1 is 1.14 bits per heavy atom. The fourth-order valence-corrected chi connectivity index (χ4v) is 1.38. The molecule has 112 valence electrons. The monoisotopic (exact) mass is 322 g/mol. The molecule has 0 bridgehead atoms. The topological polar surface area (TPSA) is 65.2 Å². The average molecular weight is 323 g/mol. The normalized spacial score (nSPS) is 9.90. The molecule has 1 aromatic carbocycles. The predicted octanol–water partition coefficient (Wildman–Crippen LogP) is 2.86. The lowest BCUT2D eigenvalue weighted by atomic mass is 10.2. The molecule has 0 radical (unpaired) electrons. The predicted molar refractivity (Wildman–Crippen MR) is 67.1 cm³/mol. The quantitative estimate of drug-likeness (QED) is 0.399. The molecule has 1 heterocycles. The van der Waals surface area contributed by atoms with Crippen molar-refractivity contribution in [3.8, 4) is 5.75 Å². The first-order chi connectivity index (χ1) is 9.41. The Morgan fingerprint density at radius 3 is 2.24 bits per heavy atom. The first-order valence-electron chi connectivity index (χ1n) is 5.17. The Labute approximate surface area is 122 Å². The number of esters is 1. The summed E-state index contributed by atoms with van der Waals surface area (Å²) < 4.78 is 56.8. The van der Waals surface area contributed by atoms with Crippen LogP contribution in [0.1, 0.15) is 10.4 Å². The largest absolute Gasteiger partial charge is 0.416 e. The minimum atomic E-state index is -1.82. The lowest BCUT2D eigenvalue weighted by molar-refractivity contribution is 0.0718. The molecule has 0 fully saturated rings. The maximum Gasteiger partial charge on any atom is 0.347 e. The van der Waals surface area contributed by atoms with E-state index in [4.69, 9.17) is 5.73 Å². The molecular weight excluding hydrogens is 316 g/mol. The van der Waals surface area contributed by atoms with Crippen molar-refractivity contribution in [3.05, 3.63) is 53.2 Å². The Morgan fingerprint density at radius 2 is 1.71 bits per heavy atom. The summed E-state index contributed by atoms with van der Waals surface area (Å²) in [6.07, 6.45) is 1.27. The number of ether oxygens (including phenoxy) is 1. The van der Waals surface area contributed by atoms with Crippen LogP contribution in [0.15, 0.2) is 24.4 Å².